The summed E-state index contributed by atoms with van der Waals surface area (Å²) in [5.41, 5.74) is 1.82. The monoisotopic (exact) mass is 370 g/mol. The lowest BCUT2D eigenvalue weighted by Gasteiger charge is -2.16. The molecule has 21 heavy (non-hydrogen) atoms. The second-order valence-electron chi connectivity index (χ2n) is 6.20. The zero-order chi connectivity index (χ0) is 15.5. The standard InChI is InChI=1S/C15H20BrFN2OSi/c1-21(2,3)9-8-20-11-19-15(14(16)10-18-19)12-4-6-13(17)7-5-12/h4-7,10H,8-9,11H2,1-3H3. The number of benzene rings is 1. The molecule has 1 heterocycles. The fourth-order valence-corrected chi connectivity index (χ4v) is 3.17. The van der Waals surface area contributed by atoms with Crippen LogP contribution in [-0.2, 0) is 11.5 Å². The number of rotatable bonds is 6. The van der Waals surface area contributed by atoms with Crippen molar-refractivity contribution >= 4 is 24.0 Å². The fourth-order valence-electron chi connectivity index (χ4n) is 1.88. The van der Waals surface area contributed by atoms with Crippen molar-refractivity contribution in [2.75, 3.05) is 6.61 Å². The first kappa shape index (κ1) is 16.4. The molecule has 0 saturated heterocycles. The third kappa shape index (κ3) is 4.76. The van der Waals surface area contributed by atoms with Gasteiger partial charge in [-0.25, -0.2) is 9.07 Å². The van der Waals surface area contributed by atoms with Gasteiger partial charge in [-0.1, -0.05) is 19.6 Å². The van der Waals surface area contributed by atoms with E-state index in [1.165, 1.54) is 12.1 Å². The lowest BCUT2D eigenvalue weighted by molar-refractivity contribution is 0.0797. The highest BCUT2D eigenvalue weighted by molar-refractivity contribution is 9.10. The maximum Gasteiger partial charge on any atom is 0.140 e. The van der Waals surface area contributed by atoms with Gasteiger partial charge in [0.05, 0.1) is 16.4 Å². The van der Waals surface area contributed by atoms with E-state index < -0.39 is 8.07 Å². The Bertz CT molecular complexity index is 593. The first-order valence-electron chi connectivity index (χ1n) is 6.92. The molecule has 114 valence electrons. The van der Waals surface area contributed by atoms with Crippen LogP contribution in [0.4, 0.5) is 4.39 Å². The summed E-state index contributed by atoms with van der Waals surface area (Å²) in [4.78, 5) is 0. The van der Waals surface area contributed by atoms with E-state index in [0.717, 1.165) is 28.4 Å². The molecule has 0 aliphatic rings. The number of halogens is 2. The van der Waals surface area contributed by atoms with Crippen LogP contribution in [-0.4, -0.2) is 24.5 Å². The molecular weight excluding hydrogens is 351 g/mol. The molecule has 1 aromatic heterocycles. The largest absolute Gasteiger partial charge is 0.360 e. The van der Waals surface area contributed by atoms with Crippen molar-refractivity contribution in [1.82, 2.24) is 9.78 Å². The zero-order valence-electron chi connectivity index (χ0n) is 12.6. The van der Waals surface area contributed by atoms with Crippen molar-refractivity contribution in [2.45, 2.75) is 32.4 Å². The Morgan fingerprint density at radius 2 is 1.90 bits per heavy atom. The normalized spacial score (nSPS) is 11.9. The van der Waals surface area contributed by atoms with Crippen molar-refractivity contribution < 1.29 is 9.13 Å². The summed E-state index contributed by atoms with van der Waals surface area (Å²) in [6.07, 6.45) is 1.74. The van der Waals surface area contributed by atoms with E-state index in [4.69, 9.17) is 4.74 Å². The molecule has 0 N–H and O–H groups in total. The summed E-state index contributed by atoms with van der Waals surface area (Å²) in [6.45, 7) is 8.12. The van der Waals surface area contributed by atoms with Gasteiger partial charge in [0.1, 0.15) is 12.5 Å². The Morgan fingerprint density at radius 1 is 1.24 bits per heavy atom. The molecule has 0 radical (unpaired) electrons. The van der Waals surface area contributed by atoms with E-state index in [9.17, 15) is 4.39 Å². The number of ether oxygens (including phenoxy) is 1. The molecule has 6 heteroatoms. The van der Waals surface area contributed by atoms with Gasteiger partial charge in [0.25, 0.3) is 0 Å². The number of hydrogen-bond acceptors (Lipinski definition) is 2. The minimum absolute atomic E-state index is 0.243. The maximum atomic E-state index is 13.0. The molecule has 1 aromatic carbocycles. The van der Waals surface area contributed by atoms with Gasteiger partial charge in [-0.2, -0.15) is 5.10 Å². The molecule has 0 fully saturated rings. The van der Waals surface area contributed by atoms with Gasteiger partial charge < -0.3 is 4.74 Å². The summed E-state index contributed by atoms with van der Waals surface area (Å²) in [7, 11) is -1.08. The molecule has 0 spiro atoms. The van der Waals surface area contributed by atoms with Crippen LogP contribution >= 0.6 is 15.9 Å². The Morgan fingerprint density at radius 3 is 2.52 bits per heavy atom. The van der Waals surface area contributed by atoms with Crippen LogP contribution < -0.4 is 0 Å². The van der Waals surface area contributed by atoms with Gasteiger partial charge in [-0.05, 0) is 46.2 Å². The first-order chi connectivity index (χ1) is 9.87. The van der Waals surface area contributed by atoms with E-state index in [2.05, 4.69) is 40.7 Å². The average Bonchev–Trinajstić information content (AvgIpc) is 2.76. The molecule has 0 bridgehead atoms. The summed E-state index contributed by atoms with van der Waals surface area (Å²) in [5, 5.41) is 4.31. The summed E-state index contributed by atoms with van der Waals surface area (Å²) in [5.74, 6) is -0.243. The highest BCUT2D eigenvalue weighted by atomic mass is 79.9. The van der Waals surface area contributed by atoms with Crippen LogP contribution in [0.2, 0.25) is 25.7 Å². The van der Waals surface area contributed by atoms with E-state index in [-0.39, 0.29) is 5.82 Å². The lowest BCUT2D eigenvalue weighted by atomic mass is 10.1. The molecule has 0 aliphatic heterocycles. The van der Waals surface area contributed by atoms with E-state index in [0.29, 0.717) is 6.73 Å². The topological polar surface area (TPSA) is 27.1 Å². The van der Waals surface area contributed by atoms with E-state index in [1.54, 1.807) is 23.0 Å². The van der Waals surface area contributed by atoms with Gasteiger partial charge in [0, 0.05) is 20.2 Å². The number of aromatic nitrogens is 2. The second kappa shape index (κ2) is 6.85. The summed E-state index contributed by atoms with van der Waals surface area (Å²) < 4.78 is 21.4. The van der Waals surface area contributed by atoms with Crippen LogP contribution in [0.25, 0.3) is 11.3 Å². The van der Waals surface area contributed by atoms with E-state index in [1.807, 2.05) is 0 Å². The minimum Gasteiger partial charge on any atom is -0.360 e. The van der Waals surface area contributed by atoms with Gasteiger partial charge in [0.15, 0.2) is 0 Å². The van der Waals surface area contributed by atoms with Crippen LogP contribution in [0.3, 0.4) is 0 Å². The van der Waals surface area contributed by atoms with E-state index >= 15 is 0 Å². The molecule has 3 nitrogen and oxygen atoms in total. The Balaban J connectivity index is 2.06. The Hall–Kier alpha value is -0.983. The molecule has 0 saturated carbocycles. The van der Waals surface area contributed by atoms with Crippen LogP contribution in [0.5, 0.6) is 0 Å². The Kier molecular flexibility index (Phi) is 5.35. The average molecular weight is 371 g/mol. The number of hydrogen-bond donors (Lipinski definition) is 0. The third-order valence-electron chi connectivity index (χ3n) is 3.12. The van der Waals surface area contributed by atoms with Gasteiger partial charge in [0.2, 0.25) is 0 Å². The quantitative estimate of drug-likeness (QED) is 0.541. The smallest absolute Gasteiger partial charge is 0.140 e. The second-order valence-corrected chi connectivity index (χ2v) is 12.7. The highest BCUT2D eigenvalue weighted by Crippen LogP contribution is 2.28. The molecule has 0 atom stereocenters. The Labute approximate surface area is 134 Å². The lowest BCUT2D eigenvalue weighted by Crippen LogP contribution is -2.22. The molecule has 0 aliphatic carbocycles. The van der Waals surface area contributed by atoms with Gasteiger partial charge in [-0.15, -0.1) is 0 Å². The molecule has 2 aromatic rings. The van der Waals surface area contributed by atoms with Crippen molar-refractivity contribution in [2.24, 2.45) is 0 Å². The van der Waals surface area contributed by atoms with Crippen molar-refractivity contribution in [3.05, 3.63) is 40.8 Å². The highest BCUT2D eigenvalue weighted by Gasteiger charge is 2.14. The molecule has 2 rings (SSSR count). The van der Waals surface area contributed by atoms with Crippen molar-refractivity contribution in [3.63, 3.8) is 0 Å². The van der Waals surface area contributed by atoms with Crippen molar-refractivity contribution in [3.8, 4) is 11.3 Å². The molecule has 0 unspecified atom stereocenters. The summed E-state index contributed by atoms with van der Waals surface area (Å²) in [6, 6.07) is 7.52. The van der Waals surface area contributed by atoms with Crippen molar-refractivity contribution in [1.29, 1.82) is 0 Å². The van der Waals surface area contributed by atoms with Crippen LogP contribution in [0.15, 0.2) is 34.9 Å². The third-order valence-corrected chi connectivity index (χ3v) is 5.41. The molecule has 0 amide bonds. The fraction of sp³-hybridized carbons (Fsp3) is 0.400. The minimum atomic E-state index is -1.08. The first-order valence-corrected chi connectivity index (χ1v) is 11.4. The van der Waals surface area contributed by atoms with Crippen LogP contribution in [0, 0.1) is 5.82 Å². The van der Waals surface area contributed by atoms with Gasteiger partial charge in [-0.3, -0.25) is 0 Å². The van der Waals surface area contributed by atoms with Crippen LogP contribution in [0.1, 0.15) is 0 Å². The maximum absolute atomic E-state index is 13.0. The zero-order valence-corrected chi connectivity index (χ0v) is 15.2. The predicted octanol–water partition coefficient (Wildman–Crippen LogP) is 4.76. The van der Waals surface area contributed by atoms with Gasteiger partial charge >= 0.3 is 0 Å². The predicted molar refractivity (Wildman–Crippen MR) is 89.4 cm³/mol. The summed E-state index contributed by atoms with van der Waals surface area (Å²) >= 11 is 3.49. The SMILES string of the molecule is C[Si](C)(C)CCOCn1ncc(Br)c1-c1ccc(F)cc1. The molecular formula is C15H20BrFN2OSi. The number of nitrogens with zero attached hydrogens (tertiary/aromatic N) is 2.